The minimum Gasteiger partial charge on any atom is -0.323 e. The van der Waals surface area contributed by atoms with E-state index >= 15 is 0 Å². The van der Waals surface area contributed by atoms with Crippen molar-refractivity contribution in [2.75, 3.05) is 46.0 Å². The predicted molar refractivity (Wildman–Crippen MR) is 434 cm³/mol. The molecule has 8 nitrogen and oxygen atoms in total. The largest absolute Gasteiger partial charge is 0.323 e. The van der Waals surface area contributed by atoms with Gasteiger partial charge < -0.3 is 9.97 Å². The highest BCUT2D eigenvalue weighted by Gasteiger charge is 2.30. The van der Waals surface area contributed by atoms with Gasteiger partial charge in [0, 0.05) is 51.4 Å². The van der Waals surface area contributed by atoms with Crippen LogP contribution in [0.2, 0.25) is 0 Å². The molecule has 0 aliphatic carbocycles. The third-order valence-corrected chi connectivity index (χ3v) is 25.9. The second-order valence-corrected chi connectivity index (χ2v) is 32.8. The lowest BCUT2D eigenvalue weighted by molar-refractivity contribution is 0.683. The van der Waals surface area contributed by atoms with Crippen molar-refractivity contribution in [1.82, 2.24) is 39.9 Å². The van der Waals surface area contributed by atoms with Gasteiger partial charge in [0.25, 0.3) is 0 Å². The van der Waals surface area contributed by atoms with E-state index < -0.39 is 0 Å². The molecule has 2 aliphatic heterocycles. The van der Waals surface area contributed by atoms with E-state index in [2.05, 4.69) is 57.3 Å². The number of terminal acetylenes is 8. The summed E-state index contributed by atoms with van der Waals surface area (Å²) in [6.07, 6.45) is 86.4. The summed E-state index contributed by atoms with van der Waals surface area (Å²) in [5.41, 5.74) is 3.15. The van der Waals surface area contributed by atoms with E-state index in [4.69, 9.17) is 81.3 Å². The number of fused-ring (bicyclic) bond motifs is 8. The van der Waals surface area contributed by atoms with Crippen LogP contribution in [0.5, 0.6) is 0 Å². The zero-order valence-electron chi connectivity index (χ0n) is 57.5. The molecule has 0 saturated carbocycles. The van der Waals surface area contributed by atoms with Crippen molar-refractivity contribution in [2.45, 2.75) is 276 Å². The SMILES string of the molecule is C#CCCCCCCSC1=C(SCCCCCCC#C)c2nc1nc1nc(nc3[nH]c(nc4[nH]c(n2)c(SCCCCCCC#C)c4SCCCCCCC#C)c(SCCCCCCC#C)c3SCCCCCCC#C)C(SCCCCCCC#C)=C1SCCCCCCC#C. The van der Waals surface area contributed by atoms with E-state index in [1.54, 1.807) is 0 Å². The van der Waals surface area contributed by atoms with Crippen molar-refractivity contribution in [1.29, 1.82) is 0 Å². The summed E-state index contributed by atoms with van der Waals surface area (Å²) >= 11 is 15.0. The van der Waals surface area contributed by atoms with Gasteiger partial charge in [-0.15, -0.1) is 193 Å². The molecular weight excluding hydrogens is 1330 g/mol. The van der Waals surface area contributed by atoms with Gasteiger partial charge in [0.05, 0.1) is 39.2 Å². The first kappa shape index (κ1) is 82.3. The van der Waals surface area contributed by atoms with Crippen LogP contribution in [0, 0.1) is 98.8 Å². The first-order valence-electron chi connectivity index (χ1n) is 35.8. The summed E-state index contributed by atoms with van der Waals surface area (Å²) in [5.74, 6) is 32.7. The number of H-pyrrole nitrogens is 2. The van der Waals surface area contributed by atoms with Crippen molar-refractivity contribution in [3.8, 4) is 98.8 Å². The third-order valence-electron chi connectivity index (χ3n) is 16.0. The molecule has 8 bridgehead atoms. The number of rotatable bonds is 56. The molecule has 5 rings (SSSR count). The Kier molecular flexibility index (Phi) is 46.6. The first-order chi connectivity index (χ1) is 47.5. The molecule has 2 N–H and O–H groups in total. The Morgan fingerprint density at radius 1 is 0.198 bits per heavy atom. The van der Waals surface area contributed by atoms with Crippen molar-refractivity contribution in [3.63, 3.8) is 0 Å². The van der Waals surface area contributed by atoms with Gasteiger partial charge in [-0.2, -0.15) is 0 Å². The van der Waals surface area contributed by atoms with Gasteiger partial charge in [-0.3, -0.25) is 0 Å². The minimum absolute atomic E-state index is 0.663. The molecule has 0 unspecified atom stereocenters. The summed E-state index contributed by atoms with van der Waals surface area (Å²) in [6.45, 7) is 0. The molecule has 2 aliphatic rings. The molecular formula is C80H106N8S8. The van der Waals surface area contributed by atoms with Crippen LogP contribution in [0.4, 0.5) is 0 Å². The average Bonchev–Trinajstić information content (AvgIpc) is 1.62. The van der Waals surface area contributed by atoms with E-state index in [0.29, 0.717) is 23.3 Å². The van der Waals surface area contributed by atoms with Crippen LogP contribution in [0.15, 0.2) is 19.6 Å². The van der Waals surface area contributed by atoms with Crippen LogP contribution in [0.3, 0.4) is 0 Å². The second kappa shape index (κ2) is 54.4. The first-order valence-corrected chi connectivity index (χ1v) is 43.6. The lowest BCUT2D eigenvalue weighted by atomic mass is 10.2. The molecule has 5 heterocycles. The second-order valence-electron chi connectivity index (χ2n) is 24.0. The van der Waals surface area contributed by atoms with Gasteiger partial charge >= 0.3 is 0 Å². The third kappa shape index (κ3) is 32.3. The zero-order valence-corrected chi connectivity index (χ0v) is 64.0. The van der Waals surface area contributed by atoms with Gasteiger partial charge in [-0.25, -0.2) is 29.9 Å². The standard InChI is InChI=1S/C80H106N8S8/c1-9-17-25-33-41-49-57-89-65-66(90-58-50-42-34-26-18-10-2)74-81-73(65)85-75-67(91-59-51-43-35-27-19-11-3)68(92-60-52-44-36-28-20-12-4)77(82-75)87-79-71(95-63-55-47-39-31-23-15-7)72(96-64-56-48-40-32-24-16-8)80(84-79)88-78-70(94-62-54-46-38-30-22-14-6)69(76(83-78)86-74)93-61-53-45-37-29-21-13-5/h1-8H,17-64H2,(H2,81,82,83,84,85,86,87,88). The van der Waals surface area contributed by atoms with Crippen molar-refractivity contribution >= 4 is 136 Å². The van der Waals surface area contributed by atoms with E-state index in [1.165, 1.54) is 0 Å². The van der Waals surface area contributed by atoms with E-state index in [-0.39, 0.29) is 0 Å². The number of unbranched alkanes of at least 4 members (excludes halogenated alkanes) is 32. The van der Waals surface area contributed by atoms with Gasteiger partial charge in [0.15, 0.2) is 23.3 Å². The summed E-state index contributed by atoms with van der Waals surface area (Å²) in [6, 6.07) is 0. The Morgan fingerprint density at radius 2 is 0.365 bits per heavy atom. The van der Waals surface area contributed by atoms with Crippen molar-refractivity contribution in [2.24, 2.45) is 0 Å². The Bertz CT molecular complexity index is 3140. The fourth-order valence-electron chi connectivity index (χ4n) is 10.6. The number of aromatic amines is 2. The maximum Gasteiger partial charge on any atom is 0.171 e. The van der Waals surface area contributed by atoms with Gasteiger partial charge in [0.1, 0.15) is 22.6 Å². The van der Waals surface area contributed by atoms with E-state index in [9.17, 15) is 0 Å². The molecule has 0 radical (unpaired) electrons. The van der Waals surface area contributed by atoms with Gasteiger partial charge in [-0.1, -0.05) is 103 Å². The van der Waals surface area contributed by atoms with Crippen LogP contribution in [0.25, 0.3) is 42.2 Å². The number of hydrogen-bond acceptors (Lipinski definition) is 14. The molecule has 3 aromatic rings. The number of aromatic nitrogens is 8. The number of nitrogens with zero attached hydrogens (tertiary/aromatic N) is 6. The summed E-state index contributed by atoms with van der Waals surface area (Å²) in [4.78, 5) is 51.0. The average molecular weight is 1440 g/mol. The maximum absolute atomic E-state index is 5.84. The molecule has 0 saturated heterocycles. The number of thioether (sulfide) groups is 8. The van der Waals surface area contributed by atoms with E-state index in [1.807, 2.05) is 94.1 Å². The molecule has 96 heavy (non-hydrogen) atoms. The molecule has 16 heteroatoms. The highest BCUT2D eigenvalue weighted by Crippen LogP contribution is 2.48. The van der Waals surface area contributed by atoms with Crippen LogP contribution in [-0.2, 0) is 0 Å². The van der Waals surface area contributed by atoms with Crippen LogP contribution in [0.1, 0.15) is 280 Å². The van der Waals surface area contributed by atoms with Crippen molar-refractivity contribution in [3.05, 3.63) is 23.3 Å². The normalized spacial score (nSPS) is 11.8. The van der Waals surface area contributed by atoms with Gasteiger partial charge in [-0.05, 0) is 149 Å². The summed E-state index contributed by atoms with van der Waals surface area (Å²) in [7, 11) is 0. The Hall–Kier alpha value is -4.40. The number of nitrogens with one attached hydrogen (secondary N) is 2. The quantitative estimate of drug-likeness (QED) is 0.0318. The topological polar surface area (TPSA) is 109 Å². The smallest absolute Gasteiger partial charge is 0.171 e. The monoisotopic (exact) mass is 1430 g/mol. The highest BCUT2D eigenvalue weighted by atomic mass is 32.2. The van der Waals surface area contributed by atoms with Crippen LogP contribution in [-0.4, -0.2) is 85.9 Å². The molecule has 0 atom stereocenters. The molecule has 0 fully saturated rings. The summed E-state index contributed by atoms with van der Waals surface area (Å²) in [5, 5.41) is 0. The molecule has 3 aromatic heterocycles. The fraction of sp³-hybridized carbons (Fsp3) is 0.600. The minimum atomic E-state index is 0.663. The van der Waals surface area contributed by atoms with Gasteiger partial charge in [0.2, 0.25) is 0 Å². The zero-order chi connectivity index (χ0) is 68.1. The Labute approximate surface area is 615 Å². The molecule has 0 aromatic carbocycles. The summed E-state index contributed by atoms with van der Waals surface area (Å²) < 4.78 is 0. The highest BCUT2D eigenvalue weighted by molar-refractivity contribution is 8.14. The lowest BCUT2D eigenvalue weighted by Gasteiger charge is -2.09. The molecule has 0 amide bonds. The lowest BCUT2D eigenvalue weighted by Crippen LogP contribution is -1.93. The Balaban J connectivity index is 1.92. The van der Waals surface area contributed by atoms with Crippen LogP contribution >= 0.6 is 94.1 Å². The van der Waals surface area contributed by atoms with Crippen molar-refractivity contribution < 1.29 is 0 Å². The van der Waals surface area contributed by atoms with Crippen LogP contribution < -0.4 is 0 Å². The van der Waals surface area contributed by atoms with E-state index in [0.717, 1.165) is 365 Å². The maximum atomic E-state index is 5.84. The Morgan fingerprint density at radius 3 is 0.562 bits per heavy atom. The molecule has 514 valence electrons. The predicted octanol–water partition coefficient (Wildman–Crippen LogP) is 23.5. The fourth-order valence-corrected chi connectivity index (χ4v) is 20.1. The molecule has 0 spiro atoms. The number of hydrogen-bond donors (Lipinski definition) is 2.